The van der Waals surface area contributed by atoms with Crippen LogP contribution in [0.1, 0.15) is 19.5 Å². The van der Waals surface area contributed by atoms with Crippen molar-refractivity contribution >= 4 is 53.2 Å². The van der Waals surface area contributed by atoms with Crippen LogP contribution in [-0.4, -0.2) is 89.9 Å². The summed E-state index contributed by atoms with van der Waals surface area (Å²) in [6, 6.07) is -0.261. The summed E-state index contributed by atoms with van der Waals surface area (Å²) < 4.78 is 0. The zero-order valence-electron chi connectivity index (χ0n) is 13.8. The Labute approximate surface area is 165 Å². The molecule has 0 aliphatic carbocycles. The van der Waals surface area contributed by atoms with Gasteiger partial charge >= 0.3 is 5.97 Å². The van der Waals surface area contributed by atoms with Crippen molar-refractivity contribution < 1.29 is 19.8 Å². The normalized spacial score (nSPS) is 26.7. The molecule has 0 bridgehead atoms. The fourth-order valence-electron chi connectivity index (χ4n) is 3.33. The van der Waals surface area contributed by atoms with Gasteiger partial charge in [0.25, 0.3) is 0 Å². The Balaban J connectivity index is 0.00000208. The molecule has 1 saturated heterocycles. The Hall–Kier alpha value is -0.870. The SMILES string of the molecule is C[C@@H](O)[C@H]1C(=O)N2C(C(=O)O)=C(SCCc3cn[nH]n3)[C@H](C)[C@H]12.[Na]. The summed E-state index contributed by atoms with van der Waals surface area (Å²) in [6.45, 7) is 3.48. The maximum Gasteiger partial charge on any atom is 0.353 e. The van der Waals surface area contributed by atoms with E-state index in [1.165, 1.54) is 16.7 Å². The van der Waals surface area contributed by atoms with Crippen LogP contribution in [-0.2, 0) is 16.0 Å². The van der Waals surface area contributed by atoms with Gasteiger partial charge in [-0.1, -0.05) is 6.92 Å². The maximum atomic E-state index is 12.2. The zero-order chi connectivity index (χ0) is 16.7. The van der Waals surface area contributed by atoms with Gasteiger partial charge in [-0.2, -0.15) is 15.4 Å². The van der Waals surface area contributed by atoms with Gasteiger partial charge in [0.1, 0.15) is 5.70 Å². The number of aromatic nitrogens is 3. The molecule has 8 nitrogen and oxygen atoms in total. The number of thioether (sulfide) groups is 1. The molecular formula is C14H18N4NaO4S. The Kier molecular flexibility index (Phi) is 6.14. The maximum absolute atomic E-state index is 12.2. The van der Waals surface area contributed by atoms with E-state index in [0.717, 1.165) is 5.69 Å². The minimum Gasteiger partial charge on any atom is -0.477 e. The minimum absolute atomic E-state index is 0. The monoisotopic (exact) mass is 361 g/mol. The molecule has 0 unspecified atom stereocenters. The van der Waals surface area contributed by atoms with Gasteiger partial charge in [0.05, 0.1) is 30.0 Å². The molecule has 3 N–H and O–H groups in total. The molecule has 2 aliphatic rings. The number of aromatic amines is 1. The number of H-pyrrole nitrogens is 1. The summed E-state index contributed by atoms with van der Waals surface area (Å²) in [5.74, 6) is -1.37. The first kappa shape index (κ1) is 19.5. The molecule has 24 heavy (non-hydrogen) atoms. The van der Waals surface area contributed by atoms with Crippen molar-refractivity contribution in [2.45, 2.75) is 32.4 Å². The summed E-state index contributed by atoms with van der Waals surface area (Å²) in [5.41, 5.74) is 0.872. The number of carbonyl (C=O) groups is 2. The zero-order valence-corrected chi connectivity index (χ0v) is 16.6. The molecule has 1 fully saturated rings. The third-order valence-corrected chi connectivity index (χ3v) is 5.68. The van der Waals surface area contributed by atoms with E-state index in [0.29, 0.717) is 17.1 Å². The number of rotatable bonds is 6. The van der Waals surface area contributed by atoms with Crippen LogP contribution in [0, 0.1) is 11.8 Å². The molecule has 1 amide bonds. The average Bonchev–Trinajstić information content (AvgIpc) is 3.05. The third kappa shape index (κ3) is 3.15. The second kappa shape index (κ2) is 7.57. The molecule has 0 spiro atoms. The number of aliphatic hydroxyl groups is 1. The number of carboxylic acids is 1. The van der Waals surface area contributed by atoms with Gasteiger partial charge in [0.15, 0.2) is 0 Å². The van der Waals surface area contributed by atoms with E-state index in [4.69, 9.17) is 0 Å². The van der Waals surface area contributed by atoms with Crippen LogP contribution in [0.3, 0.4) is 0 Å². The van der Waals surface area contributed by atoms with Gasteiger partial charge in [-0.05, 0) is 6.92 Å². The quantitative estimate of drug-likeness (QED) is 0.476. The number of fused-ring (bicyclic) bond motifs is 1. The molecule has 4 atom stereocenters. The molecule has 125 valence electrons. The standard InChI is InChI=1S/C14H18N4O4S.Na/c1-6-10-9(7(2)19)13(20)18(10)11(14(21)22)12(6)23-4-3-8-5-15-17-16-8;/h5-7,9-10,19H,3-4H2,1-2H3,(H,21,22)(H,15,16,17);/t6-,7-,9-,10-;/m1./s1. The fourth-order valence-corrected chi connectivity index (χ4v) is 4.58. The molecule has 1 aromatic rings. The average molecular weight is 361 g/mol. The number of nitrogens with zero attached hydrogens (tertiary/aromatic N) is 3. The van der Waals surface area contributed by atoms with Crippen LogP contribution in [0.2, 0.25) is 0 Å². The van der Waals surface area contributed by atoms with Crippen molar-refractivity contribution in [2.75, 3.05) is 5.75 Å². The minimum atomic E-state index is -1.10. The number of nitrogens with one attached hydrogen (secondary N) is 1. The Morgan fingerprint density at radius 2 is 2.25 bits per heavy atom. The molecule has 3 rings (SSSR count). The van der Waals surface area contributed by atoms with E-state index in [9.17, 15) is 19.8 Å². The van der Waals surface area contributed by atoms with Gasteiger partial charge in [-0.3, -0.25) is 4.79 Å². The van der Waals surface area contributed by atoms with E-state index < -0.39 is 18.0 Å². The Morgan fingerprint density at radius 1 is 1.54 bits per heavy atom. The number of hydrogen-bond donors (Lipinski definition) is 3. The topological polar surface area (TPSA) is 119 Å². The van der Waals surface area contributed by atoms with Crippen LogP contribution < -0.4 is 0 Å². The number of β-lactam (4-membered cyclic amide) rings is 1. The molecule has 10 heteroatoms. The van der Waals surface area contributed by atoms with Crippen LogP contribution in [0.4, 0.5) is 0 Å². The molecule has 2 aliphatic heterocycles. The summed E-state index contributed by atoms with van der Waals surface area (Å²) in [4.78, 5) is 25.8. The van der Waals surface area contributed by atoms with Crippen molar-refractivity contribution in [2.24, 2.45) is 11.8 Å². The summed E-state index contributed by atoms with van der Waals surface area (Å²) in [5, 5.41) is 29.5. The van der Waals surface area contributed by atoms with Crippen molar-refractivity contribution in [3.63, 3.8) is 0 Å². The first-order valence-electron chi connectivity index (χ1n) is 7.39. The molecular weight excluding hydrogens is 343 g/mol. The number of carbonyl (C=O) groups excluding carboxylic acids is 1. The smallest absolute Gasteiger partial charge is 0.353 e. The number of aliphatic carboxylic acids is 1. The van der Waals surface area contributed by atoms with Crippen LogP contribution in [0.15, 0.2) is 16.8 Å². The van der Waals surface area contributed by atoms with E-state index in [1.807, 2.05) is 6.92 Å². The number of carboxylic acid groups (broad SMARTS) is 1. The molecule has 3 heterocycles. The first-order chi connectivity index (χ1) is 10.9. The summed E-state index contributed by atoms with van der Waals surface area (Å²) in [7, 11) is 0. The van der Waals surface area contributed by atoms with Gasteiger partial charge in [-0.15, -0.1) is 11.8 Å². The van der Waals surface area contributed by atoms with Crippen molar-refractivity contribution in [3.8, 4) is 0 Å². The van der Waals surface area contributed by atoms with Crippen LogP contribution in [0.5, 0.6) is 0 Å². The van der Waals surface area contributed by atoms with Crippen LogP contribution >= 0.6 is 11.8 Å². The summed E-state index contributed by atoms with van der Waals surface area (Å²) >= 11 is 1.43. The fraction of sp³-hybridized carbons (Fsp3) is 0.571. The summed E-state index contributed by atoms with van der Waals surface area (Å²) in [6.07, 6.45) is 1.51. The second-order valence-corrected chi connectivity index (χ2v) is 6.97. The van der Waals surface area contributed by atoms with Gasteiger partial charge < -0.3 is 15.1 Å². The van der Waals surface area contributed by atoms with Gasteiger partial charge in [0.2, 0.25) is 5.91 Å². The van der Waals surface area contributed by atoms with Crippen molar-refractivity contribution in [3.05, 3.63) is 22.5 Å². The van der Waals surface area contributed by atoms with Gasteiger partial charge in [0, 0.05) is 52.6 Å². The van der Waals surface area contributed by atoms with E-state index >= 15 is 0 Å². The van der Waals surface area contributed by atoms with Gasteiger partial charge in [-0.25, -0.2) is 4.79 Å². The Bertz CT molecular complexity index is 664. The molecule has 1 radical (unpaired) electrons. The van der Waals surface area contributed by atoms with Crippen LogP contribution in [0.25, 0.3) is 0 Å². The largest absolute Gasteiger partial charge is 0.477 e. The molecule has 1 aromatic heterocycles. The predicted molar refractivity (Wildman–Crippen MR) is 87.9 cm³/mol. The van der Waals surface area contributed by atoms with E-state index in [2.05, 4.69) is 15.4 Å². The van der Waals surface area contributed by atoms with E-state index in [-0.39, 0.29) is 53.1 Å². The van der Waals surface area contributed by atoms with Crippen molar-refractivity contribution in [1.29, 1.82) is 0 Å². The second-order valence-electron chi connectivity index (χ2n) is 5.83. The molecule has 0 aromatic carbocycles. The van der Waals surface area contributed by atoms with Crippen molar-refractivity contribution in [1.82, 2.24) is 20.3 Å². The number of aliphatic hydroxyl groups excluding tert-OH is 1. The predicted octanol–water partition coefficient (Wildman–Crippen LogP) is -0.147. The number of amides is 1. The first-order valence-corrected chi connectivity index (χ1v) is 8.38. The Morgan fingerprint density at radius 3 is 2.79 bits per heavy atom. The number of aryl methyl sites for hydroxylation is 1. The van der Waals surface area contributed by atoms with E-state index in [1.54, 1.807) is 13.1 Å². The number of hydrogen-bond acceptors (Lipinski definition) is 6. The third-order valence-electron chi connectivity index (χ3n) is 4.39. The molecule has 0 saturated carbocycles.